The predicted molar refractivity (Wildman–Crippen MR) is 81.5 cm³/mol. The molecule has 2 heterocycles. The van der Waals surface area contributed by atoms with Crippen molar-refractivity contribution < 1.29 is 4.79 Å². The van der Waals surface area contributed by atoms with Gasteiger partial charge in [-0.1, -0.05) is 12.1 Å². The molecule has 1 amide bonds. The second-order valence-electron chi connectivity index (χ2n) is 4.51. The Labute approximate surface area is 124 Å². The van der Waals surface area contributed by atoms with E-state index in [-0.39, 0.29) is 18.0 Å². The van der Waals surface area contributed by atoms with Gasteiger partial charge in [0.2, 0.25) is 5.91 Å². The zero-order valence-corrected chi connectivity index (χ0v) is 12.1. The molecule has 2 aromatic heterocycles. The minimum absolute atomic E-state index is 0.0690. The molecular weight excluding hydrogens is 288 g/mol. The highest BCUT2D eigenvalue weighted by atomic mass is 32.1. The summed E-state index contributed by atoms with van der Waals surface area (Å²) in [5.74, 6) is -0.289. The number of anilines is 1. The second-order valence-corrected chi connectivity index (χ2v) is 5.37. The summed E-state index contributed by atoms with van der Waals surface area (Å²) in [4.78, 5) is 32.2. The largest absolute Gasteiger partial charge is 0.300 e. The van der Waals surface area contributed by atoms with E-state index in [1.165, 1.54) is 22.1 Å². The molecule has 3 rings (SSSR count). The summed E-state index contributed by atoms with van der Waals surface area (Å²) < 4.78 is 1.40. The van der Waals surface area contributed by atoms with Crippen molar-refractivity contribution in [3.05, 3.63) is 51.9 Å². The molecule has 0 aliphatic carbocycles. The van der Waals surface area contributed by atoms with Gasteiger partial charge >= 0.3 is 0 Å². The number of carbonyl (C=O) groups excluding carboxylic acids is 1. The summed E-state index contributed by atoms with van der Waals surface area (Å²) in [5.41, 5.74) is 1.85. The molecular formula is C14H12N4O2S. The van der Waals surface area contributed by atoms with Gasteiger partial charge in [-0.2, -0.15) is 0 Å². The lowest BCUT2D eigenvalue weighted by Gasteiger charge is -2.08. The first-order valence-corrected chi connectivity index (χ1v) is 7.18. The van der Waals surface area contributed by atoms with Gasteiger partial charge in [0.05, 0.1) is 22.9 Å². The summed E-state index contributed by atoms with van der Waals surface area (Å²) in [6.45, 7) is 1.79. The third-order valence-electron chi connectivity index (χ3n) is 2.92. The lowest BCUT2D eigenvalue weighted by atomic mass is 10.3. The first-order valence-electron chi connectivity index (χ1n) is 6.30. The summed E-state index contributed by atoms with van der Waals surface area (Å²) >= 11 is 1.35. The molecule has 0 fully saturated rings. The van der Waals surface area contributed by atoms with E-state index in [1.807, 2.05) is 24.4 Å². The van der Waals surface area contributed by atoms with Gasteiger partial charge in [-0.25, -0.2) is 9.97 Å². The smallest absolute Gasteiger partial charge is 0.269 e. The lowest BCUT2D eigenvalue weighted by Crippen LogP contribution is -2.27. The van der Waals surface area contributed by atoms with E-state index in [0.29, 0.717) is 16.2 Å². The van der Waals surface area contributed by atoms with Gasteiger partial charge in [0.1, 0.15) is 6.54 Å². The van der Waals surface area contributed by atoms with E-state index in [9.17, 15) is 9.59 Å². The second kappa shape index (κ2) is 5.45. The number of para-hydroxylation sites is 2. The topological polar surface area (TPSA) is 76.9 Å². The Morgan fingerprint density at radius 2 is 2.19 bits per heavy atom. The van der Waals surface area contributed by atoms with Crippen LogP contribution in [-0.4, -0.2) is 20.4 Å². The maximum atomic E-state index is 12.1. The van der Waals surface area contributed by atoms with E-state index >= 15 is 0 Å². The van der Waals surface area contributed by atoms with Gasteiger partial charge in [0.25, 0.3) is 5.56 Å². The standard InChI is InChI=1S/C14H12N4O2S/c1-9-8-21-14(16-9)17-12(19)7-18-11-5-3-2-4-10(11)15-6-13(18)20/h2-6,8H,7H2,1H3,(H,16,17,19). The van der Waals surface area contributed by atoms with Gasteiger partial charge in [-0.3, -0.25) is 14.2 Å². The summed E-state index contributed by atoms with van der Waals surface area (Å²) in [6, 6.07) is 7.21. The van der Waals surface area contributed by atoms with Gasteiger partial charge in [-0.05, 0) is 19.1 Å². The number of carbonyl (C=O) groups is 1. The van der Waals surface area contributed by atoms with E-state index in [0.717, 1.165) is 5.69 Å². The van der Waals surface area contributed by atoms with Crippen molar-refractivity contribution in [1.82, 2.24) is 14.5 Å². The SMILES string of the molecule is Cc1csc(NC(=O)Cn2c(=O)cnc3ccccc32)n1. The molecule has 7 heteroatoms. The predicted octanol–water partition coefficient (Wildman–Crippen LogP) is 1.80. The van der Waals surface area contributed by atoms with E-state index in [4.69, 9.17) is 0 Å². The Bertz CT molecular complexity index is 869. The van der Waals surface area contributed by atoms with Crippen LogP contribution in [0.4, 0.5) is 5.13 Å². The van der Waals surface area contributed by atoms with Gasteiger partial charge < -0.3 is 5.32 Å². The first-order chi connectivity index (χ1) is 10.1. The normalized spacial score (nSPS) is 10.7. The average molecular weight is 300 g/mol. The number of hydrogen-bond acceptors (Lipinski definition) is 5. The molecule has 0 radical (unpaired) electrons. The number of nitrogens with zero attached hydrogens (tertiary/aromatic N) is 3. The molecule has 0 bridgehead atoms. The van der Waals surface area contributed by atoms with Gasteiger partial charge in [0.15, 0.2) is 5.13 Å². The Kier molecular flexibility index (Phi) is 3.49. The fraction of sp³-hybridized carbons (Fsp3) is 0.143. The van der Waals surface area contributed by atoms with Crippen molar-refractivity contribution in [2.24, 2.45) is 0 Å². The first kappa shape index (κ1) is 13.4. The number of thiazole rings is 1. The highest BCUT2D eigenvalue weighted by Gasteiger charge is 2.10. The number of aromatic nitrogens is 3. The van der Waals surface area contributed by atoms with Crippen LogP contribution in [0.2, 0.25) is 0 Å². The highest BCUT2D eigenvalue weighted by Crippen LogP contribution is 2.14. The van der Waals surface area contributed by atoms with Crippen LogP contribution >= 0.6 is 11.3 Å². The van der Waals surface area contributed by atoms with Crippen LogP contribution in [0, 0.1) is 6.92 Å². The molecule has 6 nitrogen and oxygen atoms in total. The minimum Gasteiger partial charge on any atom is -0.300 e. The van der Waals surface area contributed by atoms with Crippen molar-refractivity contribution in [1.29, 1.82) is 0 Å². The Morgan fingerprint density at radius 1 is 1.38 bits per heavy atom. The molecule has 0 spiro atoms. The number of hydrogen-bond donors (Lipinski definition) is 1. The quantitative estimate of drug-likeness (QED) is 0.800. The molecule has 106 valence electrons. The molecule has 0 saturated carbocycles. The van der Waals surface area contributed by atoms with Crippen LogP contribution in [0.15, 0.2) is 40.6 Å². The third kappa shape index (κ3) is 2.82. The molecule has 0 aliphatic heterocycles. The average Bonchev–Trinajstić information content (AvgIpc) is 2.87. The molecule has 0 atom stereocenters. The van der Waals surface area contributed by atoms with Crippen LogP contribution in [0.1, 0.15) is 5.69 Å². The monoisotopic (exact) mass is 300 g/mol. The van der Waals surface area contributed by atoms with E-state index in [1.54, 1.807) is 12.1 Å². The molecule has 0 unspecified atom stereocenters. The number of fused-ring (bicyclic) bond motifs is 1. The van der Waals surface area contributed by atoms with Crippen LogP contribution in [0.3, 0.4) is 0 Å². The van der Waals surface area contributed by atoms with Crippen LogP contribution in [-0.2, 0) is 11.3 Å². The number of amides is 1. The number of aryl methyl sites for hydroxylation is 1. The van der Waals surface area contributed by atoms with Crippen LogP contribution in [0.5, 0.6) is 0 Å². The Hall–Kier alpha value is -2.54. The summed E-state index contributed by atoms with van der Waals surface area (Å²) in [6.07, 6.45) is 1.23. The van der Waals surface area contributed by atoms with E-state index in [2.05, 4.69) is 15.3 Å². The molecule has 0 saturated heterocycles. The fourth-order valence-corrected chi connectivity index (χ4v) is 2.70. The number of rotatable bonds is 3. The van der Waals surface area contributed by atoms with Crippen molar-refractivity contribution in [3.63, 3.8) is 0 Å². The van der Waals surface area contributed by atoms with Crippen molar-refractivity contribution in [2.75, 3.05) is 5.32 Å². The highest BCUT2D eigenvalue weighted by molar-refractivity contribution is 7.13. The minimum atomic E-state index is -0.306. The zero-order chi connectivity index (χ0) is 14.8. The Morgan fingerprint density at radius 3 is 2.95 bits per heavy atom. The van der Waals surface area contributed by atoms with E-state index < -0.39 is 0 Å². The summed E-state index contributed by atoms with van der Waals surface area (Å²) in [5, 5.41) is 5.07. The van der Waals surface area contributed by atoms with Crippen LogP contribution < -0.4 is 10.9 Å². The maximum absolute atomic E-state index is 12.1. The molecule has 0 aliphatic rings. The van der Waals surface area contributed by atoms with Crippen molar-refractivity contribution in [3.8, 4) is 0 Å². The Balaban J connectivity index is 1.89. The molecule has 1 N–H and O–H groups in total. The zero-order valence-electron chi connectivity index (χ0n) is 11.2. The maximum Gasteiger partial charge on any atom is 0.269 e. The summed E-state index contributed by atoms with van der Waals surface area (Å²) in [7, 11) is 0. The lowest BCUT2D eigenvalue weighted by molar-refractivity contribution is -0.116. The molecule has 3 aromatic rings. The molecule has 1 aromatic carbocycles. The van der Waals surface area contributed by atoms with Crippen molar-refractivity contribution in [2.45, 2.75) is 13.5 Å². The van der Waals surface area contributed by atoms with Gasteiger partial charge in [0, 0.05) is 5.38 Å². The van der Waals surface area contributed by atoms with Gasteiger partial charge in [-0.15, -0.1) is 11.3 Å². The van der Waals surface area contributed by atoms with Crippen LogP contribution in [0.25, 0.3) is 11.0 Å². The number of nitrogens with one attached hydrogen (secondary N) is 1. The molecule has 21 heavy (non-hydrogen) atoms. The third-order valence-corrected chi connectivity index (χ3v) is 3.80. The van der Waals surface area contributed by atoms with Crippen molar-refractivity contribution >= 4 is 33.4 Å². The number of benzene rings is 1. The fourth-order valence-electron chi connectivity index (χ4n) is 1.99.